The number of aliphatic hydroxyl groups is 1. The first kappa shape index (κ1) is 26.1. The molecule has 188 valence electrons. The minimum atomic E-state index is -0.823. The molecule has 1 heterocycles. The number of ether oxygens (including phenoxy) is 2. The summed E-state index contributed by atoms with van der Waals surface area (Å²) in [5.41, 5.74) is 0.971. The molecule has 3 rings (SSSR count). The summed E-state index contributed by atoms with van der Waals surface area (Å²) in [5.74, 6) is -0.854. The number of carbonyl (C=O) groups is 2. The first-order valence-corrected chi connectivity index (χ1v) is 12.0. The van der Waals surface area contributed by atoms with Crippen molar-refractivity contribution in [3.05, 3.63) is 59.2 Å². The molecule has 0 bridgehead atoms. The fourth-order valence-corrected chi connectivity index (χ4v) is 4.19. The number of aromatic hydroxyl groups is 1. The lowest BCUT2D eigenvalue weighted by Gasteiger charge is -2.28. The zero-order valence-corrected chi connectivity index (χ0v) is 20.8. The van der Waals surface area contributed by atoms with Gasteiger partial charge in [0.2, 0.25) is 0 Å². The Labute approximate surface area is 206 Å². The molecule has 0 saturated carbocycles. The molecule has 2 N–H and O–H groups in total. The zero-order chi connectivity index (χ0) is 25.5. The Hall–Kier alpha value is -3.52. The average molecular weight is 483 g/mol. The number of benzene rings is 2. The van der Waals surface area contributed by atoms with Gasteiger partial charge in [0, 0.05) is 18.7 Å². The molecule has 0 spiro atoms. The van der Waals surface area contributed by atoms with Crippen LogP contribution in [0.15, 0.2) is 48.0 Å². The van der Waals surface area contributed by atoms with E-state index in [1.165, 1.54) is 18.1 Å². The number of likely N-dealkylation sites (N-methyl/N-ethyl adjacent to an activating group) is 1. The van der Waals surface area contributed by atoms with E-state index in [0.29, 0.717) is 36.6 Å². The van der Waals surface area contributed by atoms with E-state index in [9.17, 15) is 19.8 Å². The number of hydrogen-bond donors (Lipinski definition) is 2. The quantitative estimate of drug-likeness (QED) is 0.284. The van der Waals surface area contributed by atoms with E-state index in [1.807, 2.05) is 20.8 Å². The molecule has 1 fully saturated rings. The Balaban J connectivity index is 2.08. The van der Waals surface area contributed by atoms with E-state index >= 15 is 0 Å². The molecule has 1 aliphatic heterocycles. The standard InChI is InChI=1S/C27H34N2O6/c1-5-16-35-20-11-8-18(9-12-20)25(31)23-24(19-10-13-21(30)22(17-19)34-4)29(27(33)26(23)32)15-14-28(6-2)7-3/h8-13,17,24,30-31H,5-7,14-16H2,1-4H3. The molecule has 8 heteroatoms. The van der Waals surface area contributed by atoms with Gasteiger partial charge in [-0.2, -0.15) is 0 Å². The molecule has 1 atom stereocenters. The molecule has 8 nitrogen and oxygen atoms in total. The van der Waals surface area contributed by atoms with Crippen molar-refractivity contribution < 1.29 is 29.3 Å². The lowest BCUT2D eigenvalue weighted by molar-refractivity contribution is -0.140. The lowest BCUT2D eigenvalue weighted by Crippen LogP contribution is -2.38. The Bertz CT molecular complexity index is 1080. The SMILES string of the molecule is CCCOc1ccc(C(O)=C2C(=O)C(=O)N(CCN(CC)CC)C2c2ccc(O)c(OC)c2)cc1. The summed E-state index contributed by atoms with van der Waals surface area (Å²) in [5, 5.41) is 21.3. The first-order valence-electron chi connectivity index (χ1n) is 12.0. The van der Waals surface area contributed by atoms with Gasteiger partial charge >= 0.3 is 0 Å². The number of methoxy groups -OCH3 is 1. The Morgan fingerprint density at radius 1 is 1.06 bits per heavy atom. The van der Waals surface area contributed by atoms with Gasteiger partial charge < -0.3 is 29.5 Å². The molecule has 0 aliphatic carbocycles. The average Bonchev–Trinajstić information content (AvgIpc) is 3.13. The van der Waals surface area contributed by atoms with Crippen LogP contribution in [-0.4, -0.2) is 71.6 Å². The van der Waals surface area contributed by atoms with Crippen molar-refractivity contribution in [1.29, 1.82) is 0 Å². The van der Waals surface area contributed by atoms with Crippen LogP contribution >= 0.6 is 0 Å². The second-order valence-corrected chi connectivity index (χ2v) is 8.32. The van der Waals surface area contributed by atoms with E-state index in [1.54, 1.807) is 36.4 Å². The van der Waals surface area contributed by atoms with Crippen LogP contribution in [-0.2, 0) is 9.59 Å². The van der Waals surface area contributed by atoms with E-state index in [0.717, 1.165) is 19.5 Å². The molecule has 2 aromatic rings. The van der Waals surface area contributed by atoms with Gasteiger partial charge in [0.1, 0.15) is 11.5 Å². The minimum Gasteiger partial charge on any atom is -0.507 e. The highest BCUT2D eigenvalue weighted by Gasteiger charge is 2.46. The normalized spacial score (nSPS) is 17.3. The number of rotatable bonds is 11. The number of phenols is 1. The predicted octanol–water partition coefficient (Wildman–Crippen LogP) is 3.95. The highest BCUT2D eigenvalue weighted by molar-refractivity contribution is 6.46. The lowest BCUT2D eigenvalue weighted by atomic mass is 9.95. The van der Waals surface area contributed by atoms with Gasteiger partial charge in [0.05, 0.1) is 25.3 Å². The third-order valence-electron chi connectivity index (χ3n) is 6.21. The highest BCUT2D eigenvalue weighted by atomic mass is 16.5. The van der Waals surface area contributed by atoms with Crippen molar-refractivity contribution in [3.8, 4) is 17.2 Å². The summed E-state index contributed by atoms with van der Waals surface area (Å²) in [6.07, 6.45) is 0.870. The number of likely N-dealkylation sites (tertiary alicyclic amines) is 1. The fraction of sp³-hybridized carbons (Fsp3) is 0.407. The van der Waals surface area contributed by atoms with Crippen LogP contribution in [0, 0.1) is 0 Å². The van der Waals surface area contributed by atoms with Gasteiger partial charge in [-0.25, -0.2) is 0 Å². The van der Waals surface area contributed by atoms with Crippen LogP contribution in [0.25, 0.3) is 5.76 Å². The molecule has 0 radical (unpaired) electrons. The topological polar surface area (TPSA) is 99.5 Å². The number of aliphatic hydroxyl groups excluding tert-OH is 1. The van der Waals surface area contributed by atoms with Gasteiger partial charge in [-0.05, 0) is 61.5 Å². The Morgan fingerprint density at radius 2 is 1.74 bits per heavy atom. The zero-order valence-electron chi connectivity index (χ0n) is 20.8. The summed E-state index contributed by atoms with van der Waals surface area (Å²) in [4.78, 5) is 30.0. The maximum Gasteiger partial charge on any atom is 0.295 e. The molecule has 2 aromatic carbocycles. The van der Waals surface area contributed by atoms with Crippen molar-refractivity contribution in [3.63, 3.8) is 0 Å². The number of ketones is 1. The monoisotopic (exact) mass is 482 g/mol. The fourth-order valence-electron chi connectivity index (χ4n) is 4.19. The maximum absolute atomic E-state index is 13.2. The summed E-state index contributed by atoms with van der Waals surface area (Å²) < 4.78 is 10.9. The molecule has 35 heavy (non-hydrogen) atoms. The largest absolute Gasteiger partial charge is 0.507 e. The molecular formula is C27H34N2O6. The van der Waals surface area contributed by atoms with Crippen LogP contribution in [0.5, 0.6) is 17.2 Å². The van der Waals surface area contributed by atoms with Gasteiger partial charge in [-0.3, -0.25) is 9.59 Å². The molecule has 1 amide bonds. The number of phenolic OH excluding ortho intramolecular Hbond substituents is 1. The second-order valence-electron chi connectivity index (χ2n) is 8.32. The summed E-state index contributed by atoms with van der Waals surface area (Å²) in [7, 11) is 1.43. The predicted molar refractivity (Wildman–Crippen MR) is 134 cm³/mol. The molecule has 1 saturated heterocycles. The van der Waals surface area contributed by atoms with E-state index < -0.39 is 17.7 Å². The minimum absolute atomic E-state index is 0.00418. The van der Waals surface area contributed by atoms with E-state index in [-0.39, 0.29) is 22.8 Å². The van der Waals surface area contributed by atoms with E-state index in [2.05, 4.69) is 4.90 Å². The molecular weight excluding hydrogens is 448 g/mol. The Kier molecular flexibility index (Phi) is 8.76. The number of amides is 1. The van der Waals surface area contributed by atoms with Gasteiger partial charge in [-0.15, -0.1) is 0 Å². The van der Waals surface area contributed by atoms with Crippen LogP contribution in [0.3, 0.4) is 0 Å². The van der Waals surface area contributed by atoms with Crippen LogP contribution < -0.4 is 9.47 Å². The van der Waals surface area contributed by atoms with E-state index in [4.69, 9.17) is 9.47 Å². The van der Waals surface area contributed by atoms with Crippen molar-refractivity contribution in [2.24, 2.45) is 0 Å². The summed E-state index contributed by atoms with van der Waals surface area (Å²) in [6, 6.07) is 10.6. The van der Waals surface area contributed by atoms with Crippen molar-refractivity contribution >= 4 is 17.4 Å². The number of nitrogens with zero attached hydrogens (tertiary/aromatic N) is 2. The highest BCUT2D eigenvalue weighted by Crippen LogP contribution is 2.41. The summed E-state index contributed by atoms with van der Waals surface area (Å²) in [6.45, 7) is 9.16. The molecule has 1 unspecified atom stereocenters. The first-order chi connectivity index (χ1) is 16.9. The van der Waals surface area contributed by atoms with Crippen molar-refractivity contribution in [1.82, 2.24) is 9.80 Å². The maximum atomic E-state index is 13.2. The molecule has 1 aliphatic rings. The van der Waals surface area contributed by atoms with Gasteiger partial charge in [0.25, 0.3) is 11.7 Å². The second kappa shape index (κ2) is 11.8. The number of Topliss-reactive ketones (excluding diaryl/α,β-unsaturated/α-hetero) is 1. The summed E-state index contributed by atoms with van der Waals surface area (Å²) >= 11 is 0. The number of carbonyl (C=O) groups excluding carboxylic acids is 2. The van der Waals surface area contributed by atoms with Gasteiger partial charge in [-0.1, -0.05) is 26.8 Å². The third-order valence-corrected chi connectivity index (χ3v) is 6.21. The smallest absolute Gasteiger partial charge is 0.295 e. The van der Waals surface area contributed by atoms with Crippen molar-refractivity contribution in [2.75, 3.05) is 39.9 Å². The third kappa shape index (κ3) is 5.59. The van der Waals surface area contributed by atoms with Crippen LogP contribution in [0.1, 0.15) is 44.4 Å². The van der Waals surface area contributed by atoms with Crippen LogP contribution in [0.4, 0.5) is 0 Å². The van der Waals surface area contributed by atoms with Gasteiger partial charge in [0.15, 0.2) is 11.5 Å². The van der Waals surface area contributed by atoms with Crippen LogP contribution in [0.2, 0.25) is 0 Å². The molecule has 0 aromatic heterocycles. The Morgan fingerprint density at radius 3 is 2.34 bits per heavy atom. The van der Waals surface area contributed by atoms with Crippen molar-refractivity contribution in [2.45, 2.75) is 33.2 Å². The number of hydrogen-bond acceptors (Lipinski definition) is 7.